The highest BCUT2D eigenvalue weighted by molar-refractivity contribution is 7.90. The van der Waals surface area contributed by atoms with Crippen LogP contribution in [0.15, 0.2) is 52.4 Å². The first-order valence-electron chi connectivity index (χ1n) is 11.5. The molecule has 0 spiro atoms. The smallest absolute Gasteiger partial charge is 0.279 e. The van der Waals surface area contributed by atoms with Crippen LogP contribution in [0, 0.1) is 0 Å². The van der Waals surface area contributed by atoms with E-state index in [9.17, 15) is 18.0 Å². The molecule has 4 aromatic rings. The van der Waals surface area contributed by atoms with Gasteiger partial charge in [0.15, 0.2) is 0 Å². The minimum absolute atomic E-state index is 0.148. The summed E-state index contributed by atoms with van der Waals surface area (Å²) in [7, 11) is -4.26. The molecule has 0 saturated carbocycles. The van der Waals surface area contributed by atoms with Crippen molar-refractivity contribution >= 4 is 27.0 Å². The lowest BCUT2D eigenvalue weighted by Gasteiger charge is -2.16. The van der Waals surface area contributed by atoms with E-state index in [4.69, 9.17) is 9.72 Å². The normalized spacial score (nSPS) is 11.5. The molecular weight excluding hydrogens is 484 g/mol. The SMILES string of the molecule is CCCc1n[nH]c2c(=O)n(CC)c(-c3cc(S(=O)(=O)NC(=O)c4ccncc4)ccc3OCC)nc12. The highest BCUT2D eigenvalue weighted by atomic mass is 32.2. The molecule has 36 heavy (non-hydrogen) atoms. The third-order valence-electron chi connectivity index (χ3n) is 5.52. The van der Waals surface area contributed by atoms with Gasteiger partial charge in [-0.3, -0.25) is 24.2 Å². The van der Waals surface area contributed by atoms with Gasteiger partial charge in [-0.1, -0.05) is 13.3 Å². The summed E-state index contributed by atoms with van der Waals surface area (Å²) < 4.78 is 35.5. The lowest BCUT2D eigenvalue weighted by molar-refractivity contribution is 0.0981. The number of aryl methyl sites for hydroxylation is 1. The molecule has 1 amide bonds. The summed E-state index contributed by atoms with van der Waals surface area (Å²) in [4.78, 5) is 34.1. The lowest BCUT2D eigenvalue weighted by Crippen LogP contribution is -2.30. The quantitative estimate of drug-likeness (QED) is 0.349. The molecule has 0 aliphatic carbocycles. The van der Waals surface area contributed by atoms with Gasteiger partial charge in [0.05, 0.1) is 22.8 Å². The van der Waals surface area contributed by atoms with Crippen molar-refractivity contribution in [2.75, 3.05) is 6.61 Å². The highest BCUT2D eigenvalue weighted by Gasteiger charge is 2.24. The number of nitrogens with one attached hydrogen (secondary N) is 2. The third kappa shape index (κ3) is 4.71. The van der Waals surface area contributed by atoms with E-state index in [0.717, 1.165) is 6.42 Å². The van der Waals surface area contributed by atoms with Gasteiger partial charge >= 0.3 is 0 Å². The molecule has 2 N–H and O–H groups in total. The number of pyridine rings is 1. The van der Waals surface area contributed by atoms with Gasteiger partial charge in [0.25, 0.3) is 21.5 Å². The topological polar surface area (TPSA) is 149 Å². The van der Waals surface area contributed by atoms with Crippen LogP contribution in [0.3, 0.4) is 0 Å². The van der Waals surface area contributed by atoms with Crippen LogP contribution in [0.2, 0.25) is 0 Å². The van der Waals surface area contributed by atoms with Crippen LogP contribution < -0.4 is 15.0 Å². The predicted octanol–water partition coefficient (Wildman–Crippen LogP) is 2.67. The maximum atomic E-state index is 13.3. The number of amides is 1. The van der Waals surface area contributed by atoms with Gasteiger partial charge in [0.1, 0.15) is 22.6 Å². The number of aromatic amines is 1. The second kappa shape index (κ2) is 10.3. The van der Waals surface area contributed by atoms with Crippen molar-refractivity contribution < 1.29 is 17.9 Å². The van der Waals surface area contributed by atoms with E-state index in [-0.39, 0.29) is 33.9 Å². The molecule has 0 atom stereocenters. The fraction of sp³-hybridized carbons (Fsp3) is 0.292. The van der Waals surface area contributed by atoms with Crippen molar-refractivity contribution in [1.29, 1.82) is 0 Å². The molecule has 188 valence electrons. The van der Waals surface area contributed by atoms with Crippen LogP contribution in [0.4, 0.5) is 0 Å². The maximum absolute atomic E-state index is 13.3. The zero-order chi connectivity index (χ0) is 25.9. The van der Waals surface area contributed by atoms with Gasteiger partial charge in [-0.05, 0) is 50.6 Å². The summed E-state index contributed by atoms with van der Waals surface area (Å²) in [6.45, 7) is 6.17. The monoisotopic (exact) mass is 510 g/mol. The molecule has 3 heterocycles. The van der Waals surface area contributed by atoms with Crippen molar-refractivity contribution in [3.63, 3.8) is 0 Å². The van der Waals surface area contributed by atoms with E-state index in [0.29, 0.717) is 35.6 Å². The third-order valence-corrected chi connectivity index (χ3v) is 6.85. The standard InChI is InChI=1S/C24H26N6O5S/c1-4-7-18-20-21(28-27-18)24(32)30(5-2)22(26-20)17-14-16(8-9-19(17)35-6-3)36(33,34)29-23(31)15-10-12-25-13-11-15/h8-14H,4-7H2,1-3H3,(H,27,28)(H,29,31). The summed E-state index contributed by atoms with van der Waals surface area (Å²) in [6, 6.07) is 7.00. The van der Waals surface area contributed by atoms with Gasteiger partial charge in [0, 0.05) is 24.5 Å². The number of carbonyl (C=O) groups is 1. The maximum Gasteiger partial charge on any atom is 0.279 e. The van der Waals surface area contributed by atoms with Gasteiger partial charge in [-0.25, -0.2) is 18.1 Å². The van der Waals surface area contributed by atoms with Crippen molar-refractivity contribution in [2.24, 2.45) is 0 Å². The number of aromatic nitrogens is 5. The van der Waals surface area contributed by atoms with E-state index in [1.54, 1.807) is 13.8 Å². The van der Waals surface area contributed by atoms with Crippen LogP contribution in [0.5, 0.6) is 5.75 Å². The zero-order valence-corrected chi connectivity index (χ0v) is 20.9. The lowest BCUT2D eigenvalue weighted by atomic mass is 10.1. The van der Waals surface area contributed by atoms with Gasteiger partial charge in [0.2, 0.25) is 0 Å². The molecule has 0 bridgehead atoms. The molecular formula is C24H26N6O5S. The number of sulfonamides is 1. The molecule has 3 aromatic heterocycles. The Hall–Kier alpha value is -4.06. The Morgan fingerprint density at radius 1 is 1.14 bits per heavy atom. The summed E-state index contributed by atoms with van der Waals surface area (Å²) in [5.74, 6) is -0.193. The predicted molar refractivity (Wildman–Crippen MR) is 133 cm³/mol. The van der Waals surface area contributed by atoms with Crippen LogP contribution in [0.25, 0.3) is 22.4 Å². The number of carbonyl (C=O) groups excluding carboxylic acids is 1. The highest BCUT2D eigenvalue weighted by Crippen LogP contribution is 2.32. The first-order chi connectivity index (χ1) is 17.3. The minimum atomic E-state index is -4.26. The molecule has 11 nitrogen and oxygen atoms in total. The second-order valence-electron chi connectivity index (χ2n) is 7.89. The number of rotatable bonds is 9. The minimum Gasteiger partial charge on any atom is -0.493 e. The number of H-pyrrole nitrogens is 1. The second-order valence-corrected chi connectivity index (χ2v) is 9.57. The number of hydrogen-bond acceptors (Lipinski definition) is 8. The Balaban J connectivity index is 1.87. The summed E-state index contributed by atoms with van der Waals surface area (Å²) in [5.41, 5.74) is 1.50. The molecule has 0 fully saturated rings. The van der Waals surface area contributed by atoms with E-state index < -0.39 is 15.9 Å². The van der Waals surface area contributed by atoms with E-state index in [1.807, 2.05) is 6.92 Å². The molecule has 0 radical (unpaired) electrons. The van der Waals surface area contributed by atoms with Gasteiger partial charge in [-0.15, -0.1) is 0 Å². The molecule has 4 rings (SSSR count). The fourth-order valence-electron chi connectivity index (χ4n) is 3.83. The number of fused-ring (bicyclic) bond motifs is 1. The van der Waals surface area contributed by atoms with E-state index >= 15 is 0 Å². The first-order valence-corrected chi connectivity index (χ1v) is 13.0. The Kier molecular flexibility index (Phi) is 7.15. The average molecular weight is 511 g/mol. The van der Waals surface area contributed by atoms with Crippen LogP contribution >= 0.6 is 0 Å². The summed E-state index contributed by atoms with van der Waals surface area (Å²) in [5, 5.41) is 7.04. The Morgan fingerprint density at radius 3 is 2.56 bits per heavy atom. The Bertz CT molecular complexity index is 1580. The van der Waals surface area contributed by atoms with Gasteiger partial charge < -0.3 is 4.74 Å². The van der Waals surface area contributed by atoms with E-state index in [1.165, 1.54) is 47.3 Å². The summed E-state index contributed by atoms with van der Waals surface area (Å²) in [6.07, 6.45) is 4.22. The zero-order valence-electron chi connectivity index (χ0n) is 20.1. The summed E-state index contributed by atoms with van der Waals surface area (Å²) >= 11 is 0. The molecule has 0 saturated heterocycles. The van der Waals surface area contributed by atoms with Crippen molar-refractivity contribution in [3.8, 4) is 17.1 Å². The molecule has 1 aromatic carbocycles. The van der Waals surface area contributed by atoms with E-state index in [2.05, 4.69) is 19.9 Å². The van der Waals surface area contributed by atoms with Crippen LogP contribution in [-0.4, -0.2) is 45.7 Å². The number of hydrogen-bond donors (Lipinski definition) is 2. The molecule has 0 aliphatic heterocycles. The van der Waals surface area contributed by atoms with Crippen molar-refractivity contribution in [1.82, 2.24) is 29.5 Å². The Morgan fingerprint density at radius 2 is 1.89 bits per heavy atom. The van der Waals surface area contributed by atoms with Crippen LogP contribution in [0.1, 0.15) is 43.2 Å². The number of benzene rings is 1. The first kappa shape index (κ1) is 25.0. The largest absolute Gasteiger partial charge is 0.493 e. The molecule has 0 aliphatic rings. The average Bonchev–Trinajstić information content (AvgIpc) is 3.28. The molecule has 12 heteroatoms. The Labute approximate surface area is 207 Å². The number of ether oxygens (including phenoxy) is 1. The fourth-order valence-corrected chi connectivity index (χ4v) is 4.83. The van der Waals surface area contributed by atoms with Crippen LogP contribution in [-0.2, 0) is 23.0 Å². The molecule has 0 unspecified atom stereocenters. The number of nitrogens with zero attached hydrogens (tertiary/aromatic N) is 4. The van der Waals surface area contributed by atoms with Crippen molar-refractivity contribution in [3.05, 3.63) is 64.3 Å². The van der Waals surface area contributed by atoms with Gasteiger partial charge in [-0.2, -0.15) is 5.10 Å². The van der Waals surface area contributed by atoms with Crippen molar-refractivity contribution in [2.45, 2.75) is 45.1 Å².